The lowest BCUT2D eigenvalue weighted by Gasteiger charge is -2.32. The monoisotopic (exact) mass is 603 g/mol. The smallest absolute Gasteiger partial charge is 0.317 e. The second kappa shape index (κ2) is 21.6. The van der Waals surface area contributed by atoms with Gasteiger partial charge in [-0.05, 0) is 12.3 Å². The normalized spacial score (nSPS) is 16.7. The quantitative estimate of drug-likeness (QED) is 0.0840. The summed E-state index contributed by atoms with van der Waals surface area (Å²) < 4.78 is 0. The molecule has 3 amide bonds. The number of rotatable bonds is 17. The Morgan fingerprint density at radius 2 is 1.05 bits per heavy atom. The molecule has 6 N–H and O–H groups in total. The van der Waals surface area contributed by atoms with Crippen LogP contribution in [0.4, 0.5) is 4.79 Å². The van der Waals surface area contributed by atoms with E-state index < -0.39 is 23.8 Å². The number of amides is 3. The fourth-order valence-corrected chi connectivity index (χ4v) is 4.31. The fraction of sp³-hybridized carbons (Fsp3) is 0.808. The number of carbonyl (C=O) groups is 5. The zero-order chi connectivity index (χ0) is 31.3. The molecule has 16 heteroatoms. The SMILES string of the molecule is CC(C)CCCCNC(=O)NCCONC(=O)CN1CCN(CC(=O)O)CCN(CC(=O)O)CCN(CC(=O)O)CC1. The van der Waals surface area contributed by atoms with E-state index in [2.05, 4.69) is 30.0 Å². The van der Waals surface area contributed by atoms with Crippen LogP contribution in [0.2, 0.25) is 0 Å². The Balaban J connectivity index is 2.58. The Morgan fingerprint density at radius 1 is 0.643 bits per heavy atom. The molecule has 0 aromatic rings. The van der Waals surface area contributed by atoms with Gasteiger partial charge in [0.1, 0.15) is 0 Å². The van der Waals surface area contributed by atoms with Crippen molar-refractivity contribution in [3.63, 3.8) is 0 Å². The second-order valence-electron chi connectivity index (χ2n) is 10.7. The van der Waals surface area contributed by atoms with E-state index in [1.807, 2.05) is 0 Å². The number of aliphatic carboxylic acids is 3. The third kappa shape index (κ3) is 19.9. The number of nitrogens with zero attached hydrogens (tertiary/aromatic N) is 4. The third-order valence-electron chi connectivity index (χ3n) is 6.54. The van der Waals surface area contributed by atoms with Gasteiger partial charge in [-0.25, -0.2) is 10.3 Å². The molecule has 42 heavy (non-hydrogen) atoms. The summed E-state index contributed by atoms with van der Waals surface area (Å²) in [4.78, 5) is 70.4. The highest BCUT2D eigenvalue weighted by atomic mass is 16.7. The summed E-state index contributed by atoms with van der Waals surface area (Å²) in [6.07, 6.45) is 3.06. The zero-order valence-electron chi connectivity index (χ0n) is 24.9. The number of carboxylic acids is 3. The molecule has 0 aromatic heterocycles. The van der Waals surface area contributed by atoms with Crippen molar-refractivity contribution < 1.29 is 44.1 Å². The van der Waals surface area contributed by atoms with E-state index in [0.29, 0.717) is 64.8 Å². The van der Waals surface area contributed by atoms with Gasteiger partial charge < -0.3 is 26.0 Å². The van der Waals surface area contributed by atoms with Crippen LogP contribution in [-0.4, -0.2) is 163 Å². The number of urea groups is 1. The minimum absolute atomic E-state index is 0.0537. The van der Waals surface area contributed by atoms with E-state index >= 15 is 0 Å². The maximum Gasteiger partial charge on any atom is 0.317 e. The molecule has 0 saturated carbocycles. The molecule has 0 spiro atoms. The molecule has 1 aliphatic rings. The molecule has 16 nitrogen and oxygen atoms in total. The molecule has 1 rings (SSSR count). The van der Waals surface area contributed by atoms with Crippen molar-refractivity contribution in [1.82, 2.24) is 35.7 Å². The molecule has 0 bridgehead atoms. The third-order valence-corrected chi connectivity index (χ3v) is 6.54. The molecular formula is C26H49N7O9. The number of carboxylic acid groups (broad SMARTS) is 3. The summed E-state index contributed by atoms with van der Waals surface area (Å²) in [5, 5.41) is 33.3. The number of unbranched alkanes of at least 4 members (excludes halogenated alkanes) is 1. The molecule has 242 valence electrons. The molecule has 0 unspecified atom stereocenters. The van der Waals surface area contributed by atoms with Gasteiger partial charge in [0.2, 0.25) is 0 Å². The van der Waals surface area contributed by atoms with E-state index in [1.165, 1.54) is 0 Å². The average molecular weight is 604 g/mol. The summed E-state index contributed by atoms with van der Waals surface area (Å²) in [5.41, 5.74) is 2.34. The highest BCUT2D eigenvalue weighted by Crippen LogP contribution is 2.05. The summed E-state index contributed by atoms with van der Waals surface area (Å²) in [7, 11) is 0. The van der Waals surface area contributed by atoms with Gasteiger partial charge in [-0.2, -0.15) is 0 Å². The van der Waals surface area contributed by atoms with Crippen LogP contribution in [0.1, 0.15) is 33.1 Å². The van der Waals surface area contributed by atoms with E-state index in [0.717, 1.165) is 19.3 Å². The summed E-state index contributed by atoms with van der Waals surface area (Å²) in [6, 6.07) is -0.309. The number of hydrogen-bond donors (Lipinski definition) is 6. The fourth-order valence-electron chi connectivity index (χ4n) is 4.31. The number of hydrogen-bond acceptors (Lipinski definition) is 10. The maximum atomic E-state index is 12.5. The number of nitrogens with one attached hydrogen (secondary N) is 3. The minimum Gasteiger partial charge on any atom is -0.480 e. The van der Waals surface area contributed by atoms with Crippen molar-refractivity contribution in [1.29, 1.82) is 0 Å². The first-order chi connectivity index (χ1) is 19.9. The van der Waals surface area contributed by atoms with Crippen molar-refractivity contribution in [3.8, 4) is 0 Å². The van der Waals surface area contributed by atoms with Gasteiger partial charge in [0.25, 0.3) is 5.91 Å². The van der Waals surface area contributed by atoms with Crippen LogP contribution < -0.4 is 16.1 Å². The Labute approximate surface area is 247 Å². The number of hydroxylamine groups is 1. The minimum atomic E-state index is -1.03. The first-order valence-electron chi connectivity index (χ1n) is 14.4. The molecule has 1 saturated heterocycles. The standard InChI is InChI=1S/C26H49N7O9/c1-21(2)5-3-4-6-27-26(41)28-7-16-42-29-22(34)17-30-8-10-31(18-23(35)36)12-14-33(20-25(39)40)15-13-32(11-9-30)19-24(37)38/h21H,3-20H2,1-2H3,(H,29,34)(H,35,36)(H,37,38)(H,39,40)(H2,27,28,41). The largest absolute Gasteiger partial charge is 0.480 e. The van der Waals surface area contributed by atoms with Crippen LogP contribution >= 0.6 is 0 Å². The highest BCUT2D eigenvalue weighted by molar-refractivity contribution is 5.77. The average Bonchev–Trinajstić information content (AvgIpc) is 2.88. The van der Waals surface area contributed by atoms with Crippen molar-refractivity contribution in [3.05, 3.63) is 0 Å². The Hall–Kier alpha value is -3.05. The zero-order valence-corrected chi connectivity index (χ0v) is 24.9. The molecule has 1 fully saturated rings. The van der Waals surface area contributed by atoms with Gasteiger partial charge in [-0.15, -0.1) is 0 Å². The van der Waals surface area contributed by atoms with Crippen molar-refractivity contribution in [2.45, 2.75) is 33.1 Å². The van der Waals surface area contributed by atoms with E-state index in [1.54, 1.807) is 19.6 Å². The van der Waals surface area contributed by atoms with Crippen molar-refractivity contribution in [2.24, 2.45) is 5.92 Å². The summed E-state index contributed by atoms with van der Waals surface area (Å²) >= 11 is 0. The van der Waals surface area contributed by atoms with Crippen LogP contribution in [0.5, 0.6) is 0 Å². The Kier molecular flexibility index (Phi) is 19.0. The maximum absolute atomic E-state index is 12.5. The molecule has 0 aromatic carbocycles. The van der Waals surface area contributed by atoms with Gasteiger partial charge in [0.05, 0.1) is 32.8 Å². The molecule has 0 radical (unpaired) electrons. The van der Waals surface area contributed by atoms with Gasteiger partial charge >= 0.3 is 23.9 Å². The first kappa shape index (κ1) is 37.0. The summed E-state index contributed by atoms with van der Waals surface area (Å²) in [6.45, 7) is 6.75. The van der Waals surface area contributed by atoms with Crippen molar-refractivity contribution in [2.75, 3.05) is 98.2 Å². The highest BCUT2D eigenvalue weighted by Gasteiger charge is 2.21. The van der Waals surface area contributed by atoms with Crippen LogP contribution in [0.25, 0.3) is 0 Å². The van der Waals surface area contributed by atoms with Crippen LogP contribution in [0.3, 0.4) is 0 Å². The van der Waals surface area contributed by atoms with Gasteiger partial charge in [-0.3, -0.25) is 43.6 Å². The molecular weight excluding hydrogens is 554 g/mol. The second-order valence-corrected chi connectivity index (χ2v) is 10.7. The lowest BCUT2D eigenvalue weighted by molar-refractivity contribution is -0.141. The molecule has 0 atom stereocenters. The predicted octanol–water partition coefficient (Wildman–Crippen LogP) is -1.36. The van der Waals surface area contributed by atoms with E-state index in [-0.39, 0.29) is 45.4 Å². The van der Waals surface area contributed by atoms with Crippen LogP contribution in [0.15, 0.2) is 0 Å². The van der Waals surface area contributed by atoms with Gasteiger partial charge in [0, 0.05) is 65.4 Å². The lowest BCUT2D eigenvalue weighted by atomic mass is 10.1. The van der Waals surface area contributed by atoms with Gasteiger partial charge in [0.15, 0.2) is 0 Å². The lowest BCUT2D eigenvalue weighted by Crippen LogP contribution is -2.49. The topological polar surface area (TPSA) is 204 Å². The predicted molar refractivity (Wildman–Crippen MR) is 153 cm³/mol. The van der Waals surface area contributed by atoms with Crippen molar-refractivity contribution >= 4 is 29.8 Å². The Bertz CT molecular complexity index is 815. The molecule has 1 aliphatic heterocycles. The molecule has 1 heterocycles. The number of carbonyl (C=O) groups excluding carboxylic acids is 2. The van der Waals surface area contributed by atoms with Gasteiger partial charge in [-0.1, -0.05) is 26.7 Å². The van der Waals surface area contributed by atoms with Crippen LogP contribution in [-0.2, 0) is 24.0 Å². The first-order valence-corrected chi connectivity index (χ1v) is 14.4. The Morgan fingerprint density at radius 3 is 1.45 bits per heavy atom. The summed E-state index contributed by atoms with van der Waals surface area (Å²) in [5.74, 6) is -2.88. The van der Waals surface area contributed by atoms with E-state index in [9.17, 15) is 39.3 Å². The van der Waals surface area contributed by atoms with Crippen LogP contribution in [0, 0.1) is 5.92 Å². The molecule has 0 aliphatic carbocycles. The van der Waals surface area contributed by atoms with E-state index in [4.69, 9.17) is 4.84 Å².